The summed E-state index contributed by atoms with van der Waals surface area (Å²) >= 11 is 1.90. The summed E-state index contributed by atoms with van der Waals surface area (Å²) < 4.78 is 50.8. The number of nitrogens with one attached hydrogen (secondary N) is 2. The first-order chi connectivity index (χ1) is 17.3. The van der Waals surface area contributed by atoms with Crippen LogP contribution in [0.1, 0.15) is 36.7 Å². The monoisotopic (exact) mass is 651 g/mol. The first-order valence-electron chi connectivity index (χ1n) is 11.2. The number of hydrogen-bond acceptors (Lipinski definition) is 7. The first kappa shape index (κ1) is 30.7. The van der Waals surface area contributed by atoms with Crippen LogP contribution in [0.4, 0.5) is 24.5 Å². The summed E-state index contributed by atoms with van der Waals surface area (Å²) in [6.07, 6.45) is 1.23. The molecular weight excluding hydrogens is 622 g/mol. The van der Waals surface area contributed by atoms with Gasteiger partial charge in [-0.25, -0.2) is 18.7 Å². The van der Waals surface area contributed by atoms with Crippen molar-refractivity contribution in [2.24, 2.45) is 5.16 Å². The molecule has 13 heteroatoms. The van der Waals surface area contributed by atoms with Crippen molar-refractivity contribution in [3.8, 4) is 0 Å². The van der Waals surface area contributed by atoms with Gasteiger partial charge in [0, 0.05) is 9.13 Å². The molecule has 0 saturated heterocycles. The first-order valence-corrected chi connectivity index (χ1v) is 15.2. The van der Waals surface area contributed by atoms with Crippen molar-refractivity contribution in [3.05, 3.63) is 56.4 Å². The van der Waals surface area contributed by atoms with Gasteiger partial charge >= 0.3 is 0 Å². The molecule has 37 heavy (non-hydrogen) atoms. The van der Waals surface area contributed by atoms with Crippen molar-refractivity contribution in [3.63, 3.8) is 0 Å². The Morgan fingerprint density at radius 1 is 1.14 bits per heavy atom. The molecule has 0 spiro atoms. The van der Waals surface area contributed by atoms with Crippen LogP contribution in [-0.4, -0.2) is 46.5 Å². The Hall–Kier alpha value is -2.49. The van der Waals surface area contributed by atoms with Gasteiger partial charge in [-0.05, 0) is 65.0 Å². The van der Waals surface area contributed by atoms with Crippen molar-refractivity contribution in [1.29, 1.82) is 0 Å². The van der Waals surface area contributed by atoms with Crippen molar-refractivity contribution in [2.75, 3.05) is 25.1 Å². The Morgan fingerprint density at radius 3 is 2.46 bits per heavy atom. The number of nitrogens with zero attached hydrogens (tertiary/aromatic N) is 1. The molecule has 2 aromatic rings. The Bertz CT molecular complexity index is 1160. The lowest BCUT2D eigenvalue weighted by Gasteiger charge is -2.36. The summed E-state index contributed by atoms with van der Waals surface area (Å²) in [4.78, 5) is 33.0. The minimum Gasteiger partial charge on any atom is -0.414 e. The molecule has 2 aromatic carbocycles. The van der Waals surface area contributed by atoms with Crippen LogP contribution in [0.2, 0.25) is 18.1 Å². The topological polar surface area (TPSA) is 98.2 Å². The van der Waals surface area contributed by atoms with Gasteiger partial charge in [0.2, 0.25) is 0 Å². The van der Waals surface area contributed by atoms with Crippen LogP contribution in [0.3, 0.4) is 0 Å². The van der Waals surface area contributed by atoms with E-state index in [0.717, 1.165) is 12.3 Å². The average Bonchev–Trinajstić information content (AvgIpc) is 2.81. The molecule has 0 unspecified atom stereocenters. The lowest BCUT2D eigenvalue weighted by Crippen LogP contribution is -2.41. The van der Waals surface area contributed by atoms with E-state index in [9.17, 15) is 18.4 Å². The third-order valence-corrected chi connectivity index (χ3v) is 10.9. The Balaban J connectivity index is 2.28. The zero-order valence-corrected chi connectivity index (χ0v) is 24.2. The number of halogens is 4. The van der Waals surface area contributed by atoms with E-state index >= 15 is 4.39 Å². The number of hydroxylamine groups is 1. The van der Waals surface area contributed by atoms with Gasteiger partial charge in [0.25, 0.3) is 5.91 Å². The molecule has 0 heterocycles. The highest BCUT2D eigenvalue weighted by Gasteiger charge is 2.36. The molecule has 0 aliphatic rings. The molecule has 0 radical (unpaired) electrons. The standard InChI is InChI=1S/C24H29F3IN3O5Si/c1-24(2,3)37(4,5)36-11-10-35-31-23(33)17-12-15(14-29-34-9-8-32)20(26)21(27)22(17)30-19-7-6-16(28)13-18(19)25/h6-8,12-14,30H,9-11H2,1-5H3,(H,31,33). The van der Waals surface area contributed by atoms with Crippen molar-refractivity contribution >= 4 is 60.7 Å². The number of carbonyl (C=O) groups is 2. The third-order valence-electron chi connectivity index (χ3n) is 5.70. The van der Waals surface area contributed by atoms with Crippen LogP contribution < -0.4 is 10.8 Å². The average molecular weight is 651 g/mol. The van der Waals surface area contributed by atoms with Crippen LogP contribution >= 0.6 is 22.6 Å². The molecular formula is C24H29F3IN3O5Si. The van der Waals surface area contributed by atoms with Crippen LogP contribution in [0.25, 0.3) is 0 Å². The maximum Gasteiger partial charge on any atom is 0.277 e. The predicted molar refractivity (Wildman–Crippen MR) is 145 cm³/mol. The fourth-order valence-corrected chi connectivity index (χ4v) is 4.14. The summed E-state index contributed by atoms with van der Waals surface area (Å²) in [6.45, 7) is 10.2. The molecule has 0 fully saturated rings. The number of benzene rings is 2. The lowest BCUT2D eigenvalue weighted by atomic mass is 10.1. The van der Waals surface area contributed by atoms with E-state index in [0.29, 0.717) is 9.86 Å². The molecule has 0 bridgehead atoms. The smallest absolute Gasteiger partial charge is 0.277 e. The Morgan fingerprint density at radius 2 is 1.84 bits per heavy atom. The quantitative estimate of drug-likeness (QED) is 0.0766. The highest BCUT2D eigenvalue weighted by atomic mass is 127. The summed E-state index contributed by atoms with van der Waals surface area (Å²) in [7, 11) is -2.03. The minimum absolute atomic E-state index is 0.00426. The van der Waals surface area contributed by atoms with Gasteiger partial charge in [-0.3, -0.25) is 14.4 Å². The van der Waals surface area contributed by atoms with Crippen molar-refractivity contribution < 1.29 is 36.9 Å². The molecule has 0 aliphatic heterocycles. The van der Waals surface area contributed by atoms with E-state index in [1.165, 1.54) is 12.1 Å². The van der Waals surface area contributed by atoms with E-state index in [4.69, 9.17) is 9.26 Å². The largest absolute Gasteiger partial charge is 0.414 e. The van der Waals surface area contributed by atoms with E-state index in [-0.39, 0.29) is 29.5 Å². The van der Waals surface area contributed by atoms with Gasteiger partial charge in [0.05, 0.1) is 36.4 Å². The zero-order valence-electron chi connectivity index (χ0n) is 21.1. The van der Waals surface area contributed by atoms with Crippen molar-refractivity contribution in [2.45, 2.75) is 38.9 Å². The summed E-state index contributed by atoms with van der Waals surface area (Å²) in [5.41, 5.74) is 0.560. The SMILES string of the molecule is CC(C)(C)[Si](C)(C)OCCONC(=O)c1cc(C=NOCC=O)c(F)c(F)c1Nc1ccc(I)cc1F. The summed E-state index contributed by atoms with van der Waals surface area (Å²) in [5.74, 6) is -4.48. The van der Waals surface area contributed by atoms with Gasteiger partial charge in [0.1, 0.15) is 5.82 Å². The zero-order chi connectivity index (χ0) is 27.8. The van der Waals surface area contributed by atoms with E-state index in [2.05, 4.69) is 54.7 Å². The lowest BCUT2D eigenvalue weighted by molar-refractivity contribution is -0.111. The van der Waals surface area contributed by atoms with E-state index in [1.807, 2.05) is 22.6 Å². The minimum atomic E-state index is -2.03. The molecule has 0 saturated carbocycles. The molecule has 2 rings (SSSR count). The number of rotatable bonds is 12. The van der Waals surface area contributed by atoms with Crippen LogP contribution in [0.15, 0.2) is 29.4 Å². The number of carbonyl (C=O) groups excluding carboxylic acids is 2. The summed E-state index contributed by atoms with van der Waals surface area (Å²) in [5, 5.41) is 5.82. The second-order valence-electron chi connectivity index (χ2n) is 9.35. The number of oxime groups is 1. The fraction of sp³-hybridized carbons (Fsp3) is 0.375. The van der Waals surface area contributed by atoms with Gasteiger partial charge in [-0.15, -0.1) is 0 Å². The van der Waals surface area contributed by atoms with Gasteiger partial charge in [-0.2, -0.15) is 0 Å². The highest BCUT2D eigenvalue weighted by Crippen LogP contribution is 2.36. The van der Waals surface area contributed by atoms with E-state index in [1.54, 1.807) is 6.07 Å². The molecule has 0 aliphatic carbocycles. The van der Waals surface area contributed by atoms with Gasteiger partial charge in [0.15, 0.2) is 32.8 Å². The van der Waals surface area contributed by atoms with Crippen LogP contribution in [-0.2, 0) is 18.9 Å². The molecule has 2 N–H and O–H groups in total. The Labute approximate surface area is 228 Å². The fourth-order valence-electron chi connectivity index (χ4n) is 2.66. The highest BCUT2D eigenvalue weighted by molar-refractivity contribution is 14.1. The third kappa shape index (κ3) is 8.51. The molecule has 8 nitrogen and oxygen atoms in total. The normalized spacial score (nSPS) is 12.0. The van der Waals surface area contributed by atoms with Crippen molar-refractivity contribution in [1.82, 2.24) is 5.48 Å². The molecule has 0 atom stereocenters. The van der Waals surface area contributed by atoms with Crippen LogP contribution in [0, 0.1) is 21.0 Å². The number of anilines is 2. The molecule has 1 amide bonds. The van der Waals surface area contributed by atoms with Gasteiger partial charge in [-0.1, -0.05) is 25.9 Å². The molecule has 0 aromatic heterocycles. The number of hydrogen-bond donors (Lipinski definition) is 2. The maximum absolute atomic E-state index is 15.1. The van der Waals surface area contributed by atoms with Gasteiger partial charge < -0.3 is 14.6 Å². The second kappa shape index (κ2) is 13.3. The Kier molecular flexibility index (Phi) is 11.1. The predicted octanol–water partition coefficient (Wildman–Crippen LogP) is 5.68. The van der Waals surface area contributed by atoms with Crippen LogP contribution in [0.5, 0.6) is 0 Å². The second-order valence-corrected chi connectivity index (χ2v) is 15.4. The summed E-state index contributed by atoms with van der Waals surface area (Å²) in [6, 6.07) is 5.06. The number of amides is 1. The molecule has 202 valence electrons. The number of aldehydes is 1. The van der Waals surface area contributed by atoms with E-state index < -0.39 is 49.5 Å². The maximum atomic E-state index is 15.1.